The maximum Gasteiger partial charge on any atom is 0.175 e. The molecule has 0 aromatic heterocycles. The molecule has 1 N–H and O–H groups in total. The normalized spacial score (nSPS) is 21.4. The van der Waals surface area contributed by atoms with Gasteiger partial charge >= 0.3 is 0 Å². The molecule has 0 amide bonds. The number of halogens is 1. The number of ether oxygens (including phenoxy) is 2. The molecule has 0 saturated heterocycles. The average Bonchev–Trinajstić information content (AvgIpc) is 2.70. The molecular weight excluding hydrogens is 541 g/mol. The van der Waals surface area contributed by atoms with Crippen LogP contribution in [0.3, 0.4) is 0 Å². The van der Waals surface area contributed by atoms with Gasteiger partial charge in [0.25, 0.3) is 0 Å². The van der Waals surface area contributed by atoms with Gasteiger partial charge in [0, 0.05) is 41.3 Å². The van der Waals surface area contributed by atoms with Crippen LogP contribution in [0.4, 0.5) is 0 Å². The van der Waals surface area contributed by atoms with Crippen molar-refractivity contribution in [2.24, 2.45) is 10.8 Å². The number of dihydropyridines is 1. The Labute approximate surface area is 215 Å². The minimum atomic E-state index is -0.409. The van der Waals surface area contributed by atoms with Gasteiger partial charge in [0.05, 0.1) is 10.2 Å². The molecule has 180 valence electrons. The number of terminal acetylenes is 1. The van der Waals surface area contributed by atoms with Crippen molar-refractivity contribution in [1.29, 1.82) is 0 Å². The van der Waals surface area contributed by atoms with Gasteiger partial charge in [-0.15, -0.1) is 6.42 Å². The minimum Gasteiger partial charge on any atom is -0.490 e. The number of carbonyl (C=O) groups excluding carboxylic acids is 2. The van der Waals surface area contributed by atoms with Gasteiger partial charge < -0.3 is 14.8 Å². The first kappa shape index (κ1) is 24.8. The van der Waals surface area contributed by atoms with Gasteiger partial charge in [-0.3, -0.25) is 9.59 Å². The number of hydrogen-bond acceptors (Lipinski definition) is 5. The molecule has 34 heavy (non-hydrogen) atoms. The van der Waals surface area contributed by atoms with E-state index in [0.717, 1.165) is 44.5 Å². The van der Waals surface area contributed by atoms with E-state index in [4.69, 9.17) is 15.9 Å². The van der Waals surface area contributed by atoms with E-state index < -0.39 is 5.92 Å². The summed E-state index contributed by atoms with van der Waals surface area (Å²) in [5.41, 5.74) is 3.98. The molecule has 3 aliphatic rings. The Morgan fingerprint density at radius 3 is 2.06 bits per heavy atom. The second-order valence-electron chi connectivity index (χ2n) is 11.0. The number of hydrogen-bond donors (Lipinski definition) is 1. The SMILES string of the molecule is C#CCOc1c(I)cc(C2C3=C(CC(C)(C)CC3=O)NC3=C2C(=O)CC(C)(C)C3)cc1OCC. The van der Waals surface area contributed by atoms with Crippen molar-refractivity contribution in [1.82, 2.24) is 5.32 Å². The summed E-state index contributed by atoms with van der Waals surface area (Å²) in [4.78, 5) is 27.1. The summed E-state index contributed by atoms with van der Waals surface area (Å²) in [7, 11) is 0. The highest BCUT2D eigenvalue weighted by atomic mass is 127. The highest BCUT2D eigenvalue weighted by molar-refractivity contribution is 14.1. The van der Waals surface area contributed by atoms with Gasteiger partial charge in [-0.25, -0.2) is 0 Å². The van der Waals surface area contributed by atoms with Gasteiger partial charge in [0.15, 0.2) is 23.1 Å². The fourth-order valence-electron chi connectivity index (χ4n) is 5.49. The van der Waals surface area contributed by atoms with Crippen LogP contribution in [0.15, 0.2) is 34.7 Å². The third-order valence-corrected chi connectivity index (χ3v) is 7.49. The first-order chi connectivity index (χ1) is 16.0. The molecule has 0 atom stereocenters. The minimum absolute atomic E-state index is 0.105. The van der Waals surface area contributed by atoms with Crippen molar-refractivity contribution in [3.63, 3.8) is 0 Å². The molecule has 6 heteroatoms. The van der Waals surface area contributed by atoms with Gasteiger partial charge in [-0.1, -0.05) is 33.6 Å². The van der Waals surface area contributed by atoms with Gasteiger partial charge in [-0.05, 0) is 70.9 Å². The second kappa shape index (κ2) is 9.07. The number of ketones is 2. The van der Waals surface area contributed by atoms with Crippen molar-refractivity contribution in [2.75, 3.05) is 13.2 Å². The zero-order chi connectivity index (χ0) is 24.8. The van der Waals surface area contributed by atoms with Crippen LogP contribution in [-0.4, -0.2) is 24.8 Å². The molecule has 1 heterocycles. The third-order valence-electron chi connectivity index (χ3n) is 6.68. The van der Waals surface area contributed by atoms with Crippen LogP contribution in [0, 0.1) is 26.7 Å². The number of allylic oxidation sites excluding steroid dienone is 4. The zero-order valence-corrected chi connectivity index (χ0v) is 22.7. The monoisotopic (exact) mass is 573 g/mol. The molecule has 0 radical (unpaired) electrons. The summed E-state index contributed by atoms with van der Waals surface area (Å²) in [6.07, 6.45) is 7.88. The van der Waals surface area contributed by atoms with E-state index in [2.05, 4.69) is 61.5 Å². The highest BCUT2D eigenvalue weighted by Gasteiger charge is 2.46. The summed E-state index contributed by atoms with van der Waals surface area (Å²) < 4.78 is 12.5. The van der Waals surface area contributed by atoms with Gasteiger partial charge in [-0.2, -0.15) is 0 Å². The molecule has 0 spiro atoms. The van der Waals surface area contributed by atoms with Crippen LogP contribution in [0.1, 0.15) is 71.8 Å². The summed E-state index contributed by atoms with van der Waals surface area (Å²) in [6, 6.07) is 3.92. The fraction of sp³-hybridized carbons (Fsp3) is 0.500. The molecule has 1 aromatic carbocycles. The Balaban J connectivity index is 1.92. The van der Waals surface area contributed by atoms with Crippen LogP contribution in [0.25, 0.3) is 0 Å². The Morgan fingerprint density at radius 1 is 1.00 bits per heavy atom. The van der Waals surface area contributed by atoms with Crippen LogP contribution in [0.5, 0.6) is 11.5 Å². The number of rotatable bonds is 5. The highest BCUT2D eigenvalue weighted by Crippen LogP contribution is 2.52. The summed E-state index contributed by atoms with van der Waals surface area (Å²) >= 11 is 2.21. The summed E-state index contributed by atoms with van der Waals surface area (Å²) in [5, 5.41) is 3.56. The third kappa shape index (κ3) is 4.64. The van der Waals surface area contributed by atoms with E-state index in [1.807, 2.05) is 19.1 Å². The number of nitrogens with one attached hydrogen (secondary N) is 1. The van der Waals surface area contributed by atoms with Crippen LogP contribution in [-0.2, 0) is 9.59 Å². The standard InChI is InChI=1S/C28H32INO4/c1-7-9-34-26-17(29)10-16(11-22(26)33-8-2)23-24-18(12-27(3,4)14-20(24)31)30-19-13-28(5,6)15-21(32)25(19)23/h1,10-11,23,30H,8-9,12-15H2,2-6H3. The van der Waals surface area contributed by atoms with Gasteiger partial charge in [0.1, 0.15) is 6.61 Å². The Hall–Kier alpha value is -2.27. The van der Waals surface area contributed by atoms with E-state index >= 15 is 0 Å². The van der Waals surface area contributed by atoms with Crippen molar-refractivity contribution >= 4 is 34.2 Å². The molecule has 2 aliphatic carbocycles. The second-order valence-corrected chi connectivity index (χ2v) is 12.1. The molecule has 0 saturated carbocycles. The number of carbonyl (C=O) groups is 2. The Morgan fingerprint density at radius 2 is 1.56 bits per heavy atom. The molecular formula is C28H32INO4. The molecule has 4 rings (SSSR count). The lowest BCUT2D eigenvalue weighted by Crippen LogP contribution is -2.42. The summed E-state index contributed by atoms with van der Waals surface area (Å²) in [6.45, 7) is 11.0. The van der Waals surface area contributed by atoms with Crippen molar-refractivity contribution in [3.05, 3.63) is 43.8 Å². The molecule has 1 aliphatic heterocycles. The molecule has 5 nitrogen and oxygen atoms in total. The molecule has 0 bridgehead atoms. The van der Waals surface area contributed by atoms with Crippen molar-refractivity contribution < 1.29 is 19.1 Å². The first-order valence-electron chi connectivity index (χ1n) is 11.8. The first-order valence-corrected chi connectivity index (χ1v) is 12.9. The lowest BCUT2D eigenvalue weighted by molar-refractivity contribution is -0.119. The van der Waals surface area contributed by atoms with Crippen molar-refractivity contribution in [2.45, 2.75) is 66.2 Å². The lowest BCUT2D eigenvalue weighted by Gasteiger charge is -2.44. The number of Topliss-reactive ketones (excluding diaryl/α,β-unsaturated/α-hetero) is 2. The Bertz CT molecular complexity index is 1110. The number of benzene rings is 1. The maximum atomic E-state index is 13.5. The summed E-state index contributed by atoms with van der Waals surface area (Å²) in [5.74, 6) is 3.47. The molecule has 1 aromatic rings. The van der Waals surface area contributed by atoms with E-state index in [0.29, 0.717) is 30.9 Å². The topological polar surface area (TPSA) is 64.6 Å². The van der Waals surface area contributed by atoms with Crippen molar-refractivity contribution in [3.8, 4) is 23.8 Å². The predicted molar refractivity (Wildman–Crippen MR) is 141 cm³/mol. The smallest absolute Gasteiger partial charge is 0.175 e. The van der Waals surface area contributed by atoms with Crippen LogP contribution < -0.4 is 14.8 Å². The lowest BCUT2D eigenvalue weighted by atomic mass is 9.64. The van der Waals surface area contributed by atoms with E-state index in [1.54, 1.807) is 0 Å². The largest absolute Gasteiger partial charge is 0.490 e. The quantitative estimate of drug-likeness (QED) is 0.363. The fourth-order valence-corrected chi connectivity index (χ4v) is 6.27. The predicted octanol–water partition coefficient (Wildman–Crippen LogP) is 5.68. The van der Waals surface area contributed by atoms with E-state index in [1.165, 1.54) is 0 Å². The van der Waals surface area contributed by atoms with E-state index in [9.17, 15) is 9.59 Å². The van der Waals surface area contributed by atoms with Gasteiger partial charge in [0.2, 0.25) is 0 Å². The average molecular weight is 573 g/mol. The molecule has 0 unspecified atom stereocenters. The van der Waals surface area contributed by atoms with Crippen LogP contribution >= 0.6 is 22.6 Å². The Kier molecular flexibility index (Phi) is 6.63. The van der Waals surface area contributed by atoms with Crippen LogP contribution in [0.2, 0.25) is 0 Å². The molecule has 0 fully saturated rings. The van der Waals surface area contributed by atoms with E-state index in [-0.39, 0.29) is 29.0 Å². The zero-order valence-electron chi connectivity index (χ0n) is 20.6. The maximum absolute atomic E-state index is 13.5.